The fraction of sp³-hybridized carbons (Fsp3) is 0.364. The number of rotatable bonds is 7. The van der Waals surface area contributed by atoms with Gasteiger partial charge in [-0.2, -0.15) is 10.2 Å². The molecular weight excluding hydrogens is 320 g/mol. The van der Waals surface area contributed by atoms with Crippen molar-refractivity contribution in [1.82, 2.24) is 10.0 Å². The lowest BCUT2D eigenvalue weighted by Crippen LogP contribution is -2.29. The topological polar surface area (TPSA) is 31.2 Å². The Bertz CT molecular complexity index is 668. The van der Waals surface area contributed by atoms with Crippen LogP contribution in [-0.4, -0.2) is 49.6 Å². The molecule has 0 bridgehead atoms. The van der Waals surface area contributed by atoms with Gasteiger partial charge < -0.3 is 10.0 Å². The minimum atomic E-state index is 0.207. The standard InChI is InChI=1S/C22H30N4/c1-17(21(23-25(3)4)19-13-9-7-10-14-19)18(2)22(24-26(5)6)20-15-11-8-12-16-20/h7-18H,1-6H3/b23-21-,24-22-/t17-,18+. The Morgan fingerprint density at radius 1 is 0.615 bits per heavy atom. The van der Waals surface area contributed by atoms with Gasteiger partial charge in [-0.15, -0.1) is 0 Å². The lowest BCUT2D eigenvalue weighted by Gasteiger charge is -2.26. The minimum Gasteiger partial charge on any atom is -0.303 e. The zero-order valence-corrected chi connectivity index (χ0v) is 16.7. The van der Waals surface area contributed by atoms with Crippen LogP contribution in [0.1, 0.15) is 25.0 Å². The molecule has 2 aromatic rings. The molecule has 0 heterocycles. The van der Waals surface area contributed by atoms with Crippen LogP contribution >= 0.6 is 0 Å². The molecule has 0 unspecified atom stereocenters. The Morgan fingerprint density at radius 3 is 1.19 bits per heavy atom. The predicted molar refractivity (Wildman–Crippen MR) is 112 cm³/mol. The van der Waals surface area contributed by atoms with Gasteiger partial charge in [0.2, 0.25) is 0 Å². The third kappa shape index (κ3) is 5.19. The Morgan fingerprint density at radius 2 is 0.923 bits per heavy atom. The van der Waals surface area contributed by atoms with Crippen LogP contribution in [0.3, 0.4) is 0 Å². The zero-order chi connectivity index (χ0) is 19.1. The number of hydrogen-bond donors (Lipinski definition) is 0. The van der Waals surface area contributed by atoms with Crippen molar-refractivity contribution in [3.8, 4) is 0 Å². The van der Waals surface area contributed by atoms with Crippen molar-refractivity contribution in [3.63, 3.8) is 0 Å². The van der Waals surface area contributed by atoms with Crippen LogP contribution in [0.25, 0.3) is 0 Å². The van der Waals surface area contributed by atoms with Gasteiger partial charge >= 0.3 is 0 Å². The van der Waals surface area contributed by atoms with Crippen molar-refractivity contribution in [2.75, 3.05) is 28.2 Å². The highest BCUT2D eigenvalue weighted by Crippen LogP contribution is 2.23. The van der Waals surface area contributed by atoms with E-state index in [4.69, 9.17) is 10.2 Å². The molecule has 0 spiro atoms. The molecule has 0 aliphatic rings. The second-order valence-electron chi connectivity index (χ2n) is 6.97. The summed E-state index contributed by atoms with van der Waals surface area (Å²) >= 11 is 0. The molecule has 0 fully saturated rings. The lowest BCUT2D eigenvalue weighted by atomic mass is 9.82. The lowest BCUT2D eigenvalue weighted by molar-refractivity contribution is 0.423. The Balaban J connectivity index is 2.44. The maximum Gasteiger partial charge on any atom is 0.0712 e. The monoisotopic (exact) mass is 350 g/mol. The normalized spacial score (nSPS) is 14.7. The molecule has 0 N–H and O–H groups in total. The molecule has 0 radical (unpaired) electrons. The zero-order valence-electron chi connectivity index (χ0n) is 16.7. The molecule has 0 aliphatic heterocycles. The van der Waals surface area contributed by atoms with E-state index in [1.165, 1.54) is 0 Å². The summed E-state index contributed by atoms with van der Waals surface area (Å²) in [5.41, 5.74) is 4.45. The fourth-order valence-corrected chi connectivity index (χ4v) is 2.95. The van der Waals surface area contributed by atoms with E-state index >= 15 is 0 Å². The van der Waals surface area contributed by atoms with Crippen LogP contribution in [0.5, 0.6) is 0 Å². The van der Waals surface area contributed by atoms with E-state index in [0.717, 1.165) is 22.6 Å². The Labute approximate surface area is 157 Å². The second kappa shape index (κ2) is 9.18. The van der Waals surface area contributed by atoms with Gasteiger partial charge in [-0.1, -0.05) is 74.5 Å². The summed E-state index contributed by atoms with van der Waals surface area (Å²) in [6.07, 6.45) is 0. The van der Waals surface area contributed by atoms with Gasteiger partial charge in [-0.3, -0.25) is 0 Å². The van der Waals surface area contributed by atoms with Gasteiger partial charge in [-0.25, -0.2) is 0 Å². The van der Waals surface area contributed by atoms with Crippen molar-refractivity contribution >= 4 is 11.4 Å². The van der Waals surface area contributed by atoms with E-state index in [-0.39, 0.29) is 11.8 Å². The highest BCUT2D eigenvalue weighted by Gasteiger charge is 2.25. The highest BCUT2D eigenvalue weighted by atomic mass is 15.4. The summed E-state index contributed by atoms with van der Waals surface area (Å²) in [6.45, 7) is 4.46. The largest absolute Gasteiger partial charge is 0.303 e. The van der Waals surface area contributed by atoms with Gasteiger partial charge in [-0.05, 0) is 11.1 Å². The SMILES string of the molecule is C[C@H](/C(=N/N(C)C)c1ccccc1)[C@@H](C)/C(=N/N(C)C)c1ccccc1. The molecule has 0 saturated heterocycles. The van der Waals surface area contributed by atoms with E-state index in [9.17, 15) is 0 Å². The van der Waals surface area contributed by atoms with Crippen LogP contribution in [0.2, 0.25) is 0 Å². The average molecular weight is 351 g/mol. The van der Waals surface area contributed by atoms with Crippen molar-refractivity contribution in [1.29, 1.82) is 0 Å². The van der Waals surface area contributed by atoms with E-state index < -0.39 is 0 Å². The van der Waals surface area contributed by atoms with Crippen molar-refractivity contribution in [2.45, 2.75) is 13.8 Å². The fourth-order valence-electron chi connectivity index (χ4n) is 2.95. The first kappa shape index (κ1) is 19.7. The van der Waals surface area contributed by atoms with Gasteiger partial charge in [0.1, 0.15) is 0 Å². The number of hydrogen-bond acceptors (Lipinski definition) is 4. The average Bonchev–Trinajstić information content (AvgIpc) is 2.64. The van der Waals surface area contributed by atoms with Gasteiger partial charge in [0.15, 0.2) is 0 Å². The molecule has 4 nitrogen and oxygen atoms in total. The summed E-state index contributed by atoms with van der Waals surface area (Å²) in [5, 5.41) is 13.4. The minimum absolute atomic E-state index is 0.207. The summed E-state index contributed by atoms with van der Waals surface area (Å²) in [7, 11) is 7.86. The number of nitrogens with zero attached hydrogens (tertiary/aromatic N) is 4. The maximum absolute atomic E-state index is 4.80. The molecule has 0 saturated carbocycles. The molecular formula is C22H30N4. The third-order valence-corrected chi connectivity index (χ3v) is 4.37. The molecule has 2 atom stereocenters. The number of hydrazone groups is 2. The summed E-state index contributed by atoms with van der Waals surface area (Å²) in [6, 6.07) is 20.8. The summed E-state index contributed by atoms with van der Waals surface area (Å²) < 4.78 is 0. The number of benzene rings is 2. The molecule has 0 aliphatic carbocycles. The van der Waals surface area contributed by atoms with Crippen molar-refractivity contribution < 1.29 is 0 Å². The molecule has 0 amide bonds. The molecule has 138 valence electrons. The van der Waals surface area contributed by atoms with Crippen LogP contribution in [0.4, 0.5) is 0 Å². The maximum atomic E-state index is 4.80. The van der Waals surface area contributed by atoms with E-state index in [1.54, 1.807) is 0 Å². The van der Waals surface area contributed by atoms with Gasteiger partial charge in [0.25, 0.3) is 0 Å². The second-order valence-corrected chi connectivity index (χ2v) is 6.97. The molecule has 2 aromatic carbocycles. The summed E-state index contributed by atoms with van der Waals surface area (Å²) in [4.78, 5) is 0. The summed E-state index contributed by atoms with van der Waals surface area (Å²) in [5.74, 6) is 0.414. The van der Waals surface area contributed by atoms with E-state index in [0.29, 0.717) is 0 Å². The first-order valence-corrected chi connectivity index (χ1v) is 9.02. The highest BCUT2D eigenvalue weighted by molar-refractivity contribution is 6.08. The van der Waals surface area contributed by atoms with E-state index in [1.807, 2.05) is 50.3 Å². The first-order chi connectivity index (χ1) is 12.4. The quantitative estimate of drug-likeness (QED) is 0.554. The van der Waals surface area contributed by atoms with Gasteiger partial charge in [0, 0.05) is 40.0 Å². The van der Waals surface area contributed by atoms with Crippen molar-refractivity contribution in [3.05, 3.63) is 71.8 Å². The van der Waals surface area contributed by atoms with Crippen LogP contribution < -0.4 is 0 Å². The smallest absolute Gasteiger partial charge is 0.0712 e. The molecule has 0 aromatic heterocycles. The third-order valence-electron chi connectivity index (χ3n) is 4.37. The first-order valence-electron chi connectivity index (χ1n) is 9.02. The van der Waals surface area contributed by atoms with Crippen LogP contribution in [0, 0.1) is 11.8 Å². The van der Waals surface area contributed by atoms with Crippen LogP contribution in [0.15, 0.2) is 70.9 Å². The predicted octanol–water partition coefficient (Wildman–Crippen LogP) is 4.19. The Hall–Kier alpha value is -2.62. The molecule has 2 rings (SSSR count). The molecule has 26 heavy (non-hydrogen) atoms. The van der Waals surface area contributed by atoms with Crippen molar-refractivity contribution in [2.24, 2.45) is 22.0 Å². The van der Waals surface area contributed by atoms with Crippen LogP contribution in [-0.2, 0) is 0 Å². The molecule has 4 heteroatoms. The van der Waals surface area contributed by atoms with Gasteiger partial charge in [0.05, 0.1) is 11.4 Å². The van der Waals surface area contributed by atoms with E-state index in [2.05, 4.69) is 62.4 Å². The Kier molecular flexibility index (Phi) is 6.96.